The Hall–Kier alpha value is -1.36. The number of nitrogens with zero attached hydrogens (tertiary/aromatic N) is 1. The third-order valence-corrected chi connectivity index (χ3v) is 2.50. The fourth-order valence-corrected chi connectivity index (χ4v) is 1.66. The first-order valence-electron chi connectivity index (χ1n) is 4.19. The minimum atomic E-state index is -0.661. The number of ether oxygens (including phenoxy) is 1. The molecule has 0 bridgehead atoms. The van der Waals surface area contributed by atoms with Gasteiger partial charge in [-0.2, -0.15) is 0 Å². The molecule has 0 aliphatic rings. The third kappa shape index (κ3) is 2.56. The number of rotatable bonds is 3. The van der Waals surface area contributed by atoms with Crippen LogP contribution in [0.5, 0.6) is 0 Å². The van der Waals surface area contributed by atoms with Crippen molar-refractivity contribution in [2.45, 2.75) is 5.33 Å². The number of carbonyl (C=O) groups is 1. The van der Waals surface area contributed by atoms with Crippen LogP contribution in [0.2, 0.25) is 0 Å². The average molecular weight is 272 g/mol. The Morgan fingerprint density at radius 1 is 1.53 bits per heavy atom. The summed E-state index contributed by atoms with van der Waals surface area (Å²) in [7, 11) is 1.24. The van der Waals surface area contributed by atoms with Crippen LogP contribution in [0.25, 0.3) is 0 Å². The molecule has 0 radical (unpaired) electrons. The summed E-state index contributed by atoms with van der Waals surface area (Å²) in [5.41, 5.74) is 1.33. The molecule has 0 atom stereocenters. The van der Waals surface area contributed by atoms with Crippen molar-refractivity contribution in [1.82, 2.24) is 0 Å². The van der Waals surface area contributed by atoms with Crippen molar-refractivity contribution in [3.63, 3.8) is 0 Å². The number of carbonyl (C=O) groups excluding carboxylic acids is 1. The van der Waals surface area contributed by atoms with E-state index in [1.165, 1.54) is 7.11 Å². The van der Waals surface area contributed by atoms with Crippen LogP contribution in [0.1, 0.15) is 11.1 Å². The summed E-state index contributed by atoms with van der Waals surface area (Å²) in [6, 6.07) is 7.13. The van der Waals surface area contributed by atoms with Crippen molar-refractivity contribution < 1.29 is 14.7 Å². The van der Waals surface area contributed by atoms with Gasteiger partial charge in [-0.1, -0.05) is 45.4 Å². The molecule has 4 nitrogen and oxygen atoms in total. The molecule has 0 spiro atoms. The maximum Gasteiger partial charge on any atom is 0.360 e. The molecule has 1 rings (SSSR count). The summed E-state index contributed by atoms with van der Waals surface area (Å²) in [6.45, 7) is 0. The van der Waals surface area contributed by atoms with E-state index in [4.69, 9.17) is 5.21 Å². The fourth-order valence-electron chi connectivity index (χ4n) is 1.17. The van der Waals surface area contributed by atoms with Crippen molar-refractivity contribution in [1.29, 1.82) is 0 Å². The molecule has 0 aliphatic heterocycles. The zero-order chi connectivity index (χ0) is 11.3. The molecule has 80 valence electrons. The Morgan fingerprint density at radius 2 is 2.20 bits per heavy atom. The highest BCUT2D eigenvalue weighted by Crippen LogP contribution is 2.14. The summed E-state index contributed by atoms with van der Waals surface area (Å²) >= 11 is 3.29. The number of benzene rings is 1. The number of esters is 1. The van der Waals surface area contributed by atoms with Crippen molar-refractivity contribution in [2.24, 2.45) is 5.16 Å². The molecule has 0 unspecified atom stereocenters. The van der Waals surface area contributed by atoms with Gasteiger partial charge in [0.05, 0.1) is 7.11 Å². The van der Waals surface area contributed by atoms with Crippen LogP contribution in [0.15, 0.2) is 29.4 Å². The monoisotopic (exact) mass is 271 g/mol. The average Bonchev–Trinajstić information content (AvgIpc) is 2.30. The minimum Gasteiger partial charge on any atom is -0.464 e. The Kier molecular flexibility index (Phi) is 4.30. The van der Waals surface area contributed by atoms with Crippen LogP contribution in [0, 0.1) is 0 Å². The van der Waals surface area contributed by atoms with Gasteiger partial charge >= 0.3 is 5.97 Å². The number of oxime groups is 1. The molecule has 0 amide bonds. The lowest BCUT2D eigenvalue weighted by molar-refractivity contribution is -0.132. The lowest BCUT2D eigenvalue weighted by Gasteiger charge is -2.06. The predicted octanol–water partition coefficient (Wildman–Crippen LogP) is 1.93. The summed E-state index contributed by atoms with van der Waals surface area (Å²) in [6.07, 6.45) is 0. The molecular weight excluding hydrogens is 262 g/mol. The lowest BCUT2D eigenvalue weighted by atomic mass is 10.0. The second kappa shape index (κ2) is 5.50. The maximum absolute atomic E-state index is 11.3. The first-order valence-corrected chi connectivity index (χ1v) is 5.31. The van der Waals surface area contributed by atoms with Gasteiger partial charge in [0.15, 0.2) is 5.71 Å². The van der Waals surface area contributed by atoms with Crippen LogP contribution < -0.4 is 0 Å². The van der Waals surface area contributed by atoms with Gasteiger partial charge in [-0.15, -0.1) is 0 Å². The molecule has 1 aromatic carbocycles. The van der Waals surface area contributed by atoms with Crippen molar-refractivity contribution in [3.8, 4) is 0 Å². The highest BCUT2D eigenvalue weighted by atomic mass is 79.9. The summed E-state index contributed by atoms with van der Waals surface area (Å²) in [4.78, 5) is 11.3. The predicted molar refractivity (Wildman–Crippen MR) is 59.4 cm³/mol. The normalized spacial score (nSPS) is 11.2. The van der Waals surface area contributed by atoms with Gasteiger partial charge in [-0.05, 0) is 5.56 Å². The Balaban J connectivity index is 3.18. The number of halogens is 1. The molecule has 5 heteroatoms. The van der Waals surface area contributed by atoms with E-state index in [0.29, 0.717) is 10.9 Å². The fraction of sp³-hybridized carbons (Fsp3) is 0.200. The molecule has 0 saturated carbocycles. The molecule has 1 N–H and O–H groups in total. The van der Waals surface area contributed by atoms with Gasteiger partial charge < -0.3 is 9.94 Å². The Bertz CT molecular complexity index is 390. The van der Waals surface area contributed by atoms with Crippen LogP contribution in [-0.4, -0.2) is 24.0 Å². The van der Waals surface area contributed by atoms with Crippen molar-refractivity contribution >= 4 is 27.6 Å². The van der Waals surface area contributed by atoms with Gasteiger partial charge in [0, 0.05) is 10.9 Å². The number of hydrogen-bond acceptors (Lipinski definition) is 4. The molecule has 0 saturated heterocycles. The Morgan fingerprint density at radius 3 is 2.73 bits per heavy atom. The van der Waals surface area contributed by atoms with Gasteiger partial charge in [0.25, 0.3) is 0 Å². The molecule has 1 aromatic rings. The molecule has 0 heterocycles. The maximum atomic E-state index is 11.3. The number of hydrogen-bond donors (Lipinski definition) is 1. The van der Waals surface area contributed by atoms with Crippen LogP contribution in [0.3, 0.4) is 0 Å². The summed E-state index contributed by atoms with van der Waals surface area (Å²) in [5.74, 6) is -0.661. The SMILES string of the molecule is COC(=O)C(=NO)c1ccccc1CBr. The molecule has 0 aromatic heterocycles. The van der Waals surface area contributed by atoms with E-state index >= 15 is 0 Å². The zero-order valence-corrected chi connectivity index (χ0v) is 9.69. The molecule has 0 aliphatic carbocycles. The largest absolute Gasteiger partial charge is 0.464 e. The van der Waals surface area contributed by atoms with E-state index in [0.717, 1.165) is 5.56 Å². The lowest BCUT2D eigenvalue weighted by Crippen LogP contribution is -2.18. The quantitative estimate of drug-likeness (QED) is 0.301. The third-order valence-electron chi connectivity index (χ3n) is 1.90. The van der Waals surface area contributed by atoms with Crippen molar-refractivity contribution in [2.75, 3.05) is 7.11 Å². The Labute approximate surface area is 95.7 Å². The topological polar surface area (TPSA) is 58.9 Å². The van der Waals surface area contributed by atoms with E-state index in [1.807, 2.05) is 12.1 Å². The van der Waals surface area contributed by atoms with Gasteiger partial charge in [0.2, 0.25) is 0 Å². The van der Waals surface area contributed by atoms with E-state index in [1.54, 1.807) is 12.1 Å². The van der Waals surface area contributed by atoms with E-state index in [2.05, 4.69) is 25.8 Å². The first-order chi connectivity index (χ1) is 7.24. The van der Waals surface area contributed by atoms with Crippen LogP contribution in [0.4, 0.5) is 0 Å². The molecular formula is C10H10BrNO3. The van der Waals surface area contributed by atoms with E-state index < -0.39 is 5.97 Å². The highest BCUT2D eigenvalue weighted by Gasteiger charge is 2.17. The van der Waals surface area contributed by atoms with Crippen LogP contribution >= 0.6 is 15.9 Å². The van der Waals surface area contributed by atoms with E-state index in [-0.39, 0.29) is 5.71 Å². The van der Waals surface area contributed by atoms with Gasteiger partial charge in [-0.3, -0.25) is 0 Å². The first kappa shape index (κ1) is 11.7. The minimum absolute atomic E-state index is 0.0902. The van der Waals surface area contributed by atoms with Gasteiger partial charge in [-0.25, -0.2) is 4.79 Å². The smallest absolute Gasteiger partial charge is 0.360 e. The molecule has 0 fully saturated rings. The van der Waals surface area contributed by atoms with Gasteiger partial charge in [0.1, 0.15) is 0 Å². The molecule has 15 heavy (non-hydrogen) atoms. The van der Waals surface area contributed by atoms with E-state index in [9.17, 15) is 4.79 Å². The second-order valence-electron chi connectivity index (χ2n) is 2.73. The summed E-state index contributed by atoms with van der Waals surface area (Å²) < 4.78 is 4.51. The number of alkyl halides is 1. The van der Waals surface area contributed by atoms with Crippen molar-refractivity contribution in [3.05, 3.63) is 35.4 Å². The highest BCUT2D eigenvalue weighted by molar-refractivity contribution is 9.08. The zero-order valence-electron chi connectivity index (χ0n) is 8.11. The standard InChI is InChI=1S/C10H10BrNO3/c1-15-10(13)9(12-14)8-5-3-2-4-7(8)6-11/h2-5,14H,6H2,1H3. The number of methoxy groups -OCH3 is 1. The second-order valence-corrected chi connectivity index (χ2v) is 3.29. The summed E-state index contributed by atoms with van der Waals surface area (Å²) in [5, 5.41) is 12.3. The van der Waals surface area contributed by atoms with Crippen LogP contribution in [-0.2, 0) is 14.9 Å².